The molecule has 0 aromatic carbocycles. The topological polar surface area (TPSA) is 0 Å². The van der Waals surface area contributed by atoms with Crippen molar-refractivity contribution in [2.24, 2.45) is 23.7 Å². The fourth-order valence-electron chi connectivity index (χ4n) is 2.57. The second-order valence-corrected chi connectivity index (χ2v) is 6.04. The highest BCUT2D eigenvalue weighted by molar-refractivity contribution is 4.70. The molecule has 0 amide bonds. The smallest absolute Gasteiger partial charge is 0.0386 e. The van der Waals surface area contributed by atoms with Crippen molar-refractivity contribution in [3.8, 4) is 0 Å². The molecule has 0 radical (unpaired) electrons. The normalized spacial score (nSPS) is 15.8. The first-order valence-corrected chi connectivity index (χ1v) is 7.54. The molecule has 0 nitrogen and oxygen atoms in total. The quantitative estimate of drug-likeness (QED) is 0.458. The monoisotopic (exact) mass is 226 g/mol. The van der Waals surface area contributed by atoms with Gasteiger partial charge in [0.2, 0.25) is 0 Å². The molecular formula is C16H34. The minimum Gasteiger partial charge on any atom is -0.0651 e. The molecule has 0 N–H and O–H groups in total. The lowest BCUT2D eigenvalue weighted by Crippen LogP contribution is -2.16. The Kier molecular flexibility index (Phi) is 9.07. The number of hydrogen-bond donors (Lipinski definition) is 0. The average molecular weight is 226 g/mol. The van der Waals surface area contributed by atoms with Gasteiger partial charge in [-0.15, -0.1) is 0 Å². The van der Waals surface area contributed by atoms with Crippen molar-refractivity contribution >= 4 is 0 Å². The zero-order valence-corrected chi connectivity index (χ0v) is 12.6. The molecule has 0 bridgehead atoms. The van der Waals surface area contributed by atoms with Crippen LogP contribution in [0.5, 0.6) is 0 Å². The molecule has 0 aliphatic rings. The first kappa shape index (κ1) is 16.0. The van der Waals surface area contributed by atoms with Gasteiger partial charge in [-0.05, 0) is 36.5 Å². The van der Waals surface area contributed by atoms with Crippen LogP contribution >= 0.6 is 0 Å². The highest BCUT2D eigenvalue weighted by Gasteiger charge is 2.19. The molecule has 0 heteroatoms. The maximum absolute atomic E-state index is 2.45. The van der Waals surface area contributed by atoms with Crippen molar-refractivity contribution in [1.29, 1.82) is 0 Å². The minimum atomic E-state index is 0.869. The summed E-state index contributed by atoms with van der Waals surface area (Å²) in [5.74, 6) is 3.72. The maximum atomic E-state index is 2.45. The van der Waals surface area contributed by atoms with Gasteiger partial charge in [0.15, 0.2) is 0 Å². The Labute approximate surface area is 104 Å². The lowest BCUT2D eigenvalue weighted by Gasteiger charge is -2.27. The first-order chi connectivity index (χ1) is 7.54. The fourth-order valence-corrected chi connectivity index (χ4v) is 2.57. The van der Waals surface area contributed by atoms with Gasteiger partial charge >= 0.3 is 0 Å². The molecule has 0 fully saturated rings. The summed E-state index contributed by atoms with van der Waals surface area (Å²) >= 11 is 0. The molecule has 0 spiro atoms. The van der Waals surface area contributed by atoms with Crippen LogP contribution in [0.4, 0.5) is 0 Å². The van der Waals surface area contributed by atoms with Gasteiger partial charge in [0.25, 0.3) is 0 Å². The summed E-state index contributed by atoms with van der Waals surface area (Å²) in [5, 5.41) is 0. The summed E-state index contributed by atoms with van der Waals surface area (Å²) in [4.78, 5) is 0. The number of hydrogen-bond acceptors (Lipinski definition) is 0. The van der Waals surface area contributed by atoms with Crippen molar-refractivity contribution in [3.05, 3.63) is 0 Å². The van der Waals surface area contributed by atoms with Gasteiger partial charge in [-0.3, -0.25) is 0 Å². The van der Waals surface area contributed by atoms with E-state index in [1.807, 2.05) is 0 Å². The summed E-state index contributed by atoms with van der Waals surface area (Å²) in [6.07, 6.45) is 8.41. The summed E-state index contributed by atoms with van der Waals surface area (Å²) < 4.78 is 0. The Bertz CT molecular complexity index is 144. The van der Waals surface area contributed by atoms with Crippen molar-refractivity contribution in [3.63, 3.8) is 0 Å². The molecule has 0 aromatic rings. The second kappa shape index (κ2) is 9.07. The van der Waals surface area contributed by atoms with Gasteiger partial charge in [0.1, 0.15) is 0 Å². The molecular weight excluding hydrogens is 192 g/mol. The van der Waals surface area contributed by atoms with Crippen molar-refractivity contribution < 1.29 is 0 Å². The zero-order valence-electron chi connectivity index (χ0n) is 12.6. The Hall–Kier alpha value is 0. The first-order valence-electron chi connectivity index (χ1n) is 7.54. The highest BCUT2D eigenvalue weighted by Crippen LogP contribution is 2.31. The van der Waals surface area contributed by atoms with E-state index in [-0.39, 0.29) is 0 Å². The Morgan fingerprint density at radius 1 is 0.750 bits per heavy atom. The van der Waals surface area contributed by atoms with Crippen LogP contribution in [0, 0.1) is 23.7 Å². The third-order valence-electron chi connectivity index (χ3n) is 4.35. The lowest BCUT2D eigenvalue weighted by molar-refractivity contribution is 0.240. The van der Waals surface area contributed by atoms with E-state index in [1.165, 1.54) is 38.5 Å². The molecule has 0 aliphatic heterocycles. The standard InChI is InChI=1S/C16H34/c1-7-14(6)16(11-10-13(4)5)12-15(8-2)9-3/h13-16H,7-12H2,1-6H3. The van der Waals surface area contributed by atoms with Crippen LogP contribution in [-0.2, 0) is 0 Å². The van der Waals surface area contributed by atoms with Crippen LogP contribution in [0.15, 0.2) is 0 Å². The predicted octanol–water partition coefficient (Wildman–Crippen LogP) is 5.91. The zero-order chi connectivity index (χ0) is 12.6. The van der Waals surface area contributed by atoms with E-state index in [9.17, 15) is 0 Å². The van der Waals surface area contributed by atoms with E-state index in [0.29, 0.717) is 0 Å². The maximum Gasteiger partial charge on any atom is -0.0386 e. The lowest BCUT2D eigenvalue weighted by atomic mass is 9.79. The molecule has 2 atom stereocenters. The van der Waals surface area contributed by atoms with E-state index in [2.05, 4.69) is 41.5 Å². The van der Waals surface area contributed by atoms with Crippen molar-refractivity contribution in [2.75, 3.05) is 0 Å². The van der Waals surface area contributed by atoms with E-state index < -0.39 is 0 Å². The molecule has 0 aliphatic carbocycles. The van der Waals surface area contributed by atoms with Crippen LogP contribution in [-0.4, -0.2) is 0 Å². The van der Waals surface area contributed by atoms with Crippen LogP contribution in [0.1, 0.15) is 80.1 Å². The highest BCUT2D eigenvalue weighted by atomic mass is 14.2. The van der Waals surface area contributed by atoms with E-state index in [4.69, 9.17) is 0 Å². The molecule has 16 heavy (non-hydrogen) atoms. The summed E-state index contributed by atoms with van der Waals surface area (Å²) in [6.45, 7) is 14.2. The number of rotatable bonds is 9. The summed E-state index contributed by atoms with van der Waals surface area (Å²) in [5.41, 5.74) is 0. The largest absolute Gasteiger partial charge is 0.0651 e. The molecule has 0 rings (SSSR count). The van der Waals surface area contributed by atoms with E-state index in [1.54, 1.807) is 0 Å². The van der Waals surface area contributed by atoms with Gasteiger partial charge in [-0.2, -0.15) is 0 Å². The van der Waals surface area contributed by atoms with Gasteiger partial charge in [-0.1, -0.05) is 67.2 Å². The molecule has 2 unspecified atom stereocenters. The second-order valence-electron chi connectivity index (χ2n) is 6.04. The molecule has 0 saturated heterocycles. The van der Waals surface area contributed by atoms with Gasteiger partial charge in [0.05, 0.1) is 0 Å². The molecule has 0 heterocycles. The van der Waals surface area contributed by atoms with Crippen LogP contribution in [0.2, 0.25) is 0 Å². The Balaban J connectivity index is 4.18. The summed E-state index contributed by atoms with van der Waals surface area (Å²) in [7, 11) is 0. The van der Waals surface area contributed by atoms with Crippen LogP contribution < -0.4 is 0 Å². The molecule has 0 aromatic heterocycles. The third kappa shape index (κ3) is 6.55. The van der Waals surface area contributed by atoms with Crippen molar-refractivity contribution in [2.45, 2.75) is 80.1 Å². The van der Waals surface area contributed by atoms with E-state index in [0.717, 1.165) is 23.7 Å². The molecule has 0 saturated carbocycles. The fraction of sp³-hybridized carbons (Fsp3) is 1.00. The minimum absolute atomic E-state index is 0.869. The van der Waals surface area contributed by atoms with Crippen molar-refractivity contribution in [1.82, 2.24) is 0 Å². The van der Waals surface area contributed by atoms with Gasteiger partial charge < -0.3 is 0 Å². The van der Waals surface area contributed by atoms with E-state index >= 15 is 0 Å². The van der Waals surface area contributed by atoms with Crippen LogP contribution in [0.25, 0.3) is 0 Å². The predicted molar refractivity (Wildman–Crippen MR) is 75.7 cm³/mol. The SMILES string of the molecule is CCC(CC)CC(CCC(C)C)C(C)CC. The third-order valence-corrected chi connectivity index (χ3v) is 4.35. The van der Waals surface area contributed by atoms with Gasteiger partial charge in [-0.25, -0.2) is 0 Å². The Morgan fingerprint density at radius 2 is 1.31 bits per heavy atom. The molecule has 98 valence electrons. The van der Waals surface area contributed by atoms with Gasteiger partial charge in [0, 0.05) is 0 Å². The average Bonchev–Trinajstić information content (AvgIpc) is 2.28. The Morgan fingerprint density at radius 3 is 1.69 bits per heavy atom. The van der Waals surface area contributed by atoms with Crippen LogP contribution in [0.3, 0.4) is 0 Å². The summed E-state index contributed by atoms with van der Waals surface area (Å²) in [6, 6.07) is 0.